The van der Waals surface area contributed by atoms with E-state index in [4.69, 9.17) is 0 Å². The molecular formula is C12H22N2O. The molecule has 0 aromatic heterocycles. The van der Waals surface area contributed by atoms with Crippen LogP contribution in [0.15, 0.2) is 12.4 Å². The highest BCUT2D eigenvalue weighted by Gasteiger charge is 2.22. The molecule has 0 unspecified atom stereocenters. The molecule has 15 heavy (non-hydrogen) atoms. The summed E-state index contributed by atoms with van der Waals surface area (Å²) in [5.74, 6) is 0.679. The van der Waals surface area contributed by atoms with Crippen LogP contribution in [0, 0.1) is 5.92 Å². The largest absolute Gasteiger partial charge is 0.374 e. The van der Waals surface area contributed by atoms with E-state index in [2.05, 4.69) is 32.7 Å². The molecule has 0 fully saturated rings. The molecule has 1 heterocycles. The van der Waals surface area contributed by atoms with Crippen molar-refractivity contribution in [1.82, 2.24) is 9.80 Å². The first-order valence-corrected chi connectivity index (χ1v) is 5.74. The lowest BCUT2D eigenvalue weighted by molar-refractivity contribution is -0.130. The van der Waals surface area contributed by atoms with Gasteiger partial charge < -0.3 is 9.80 Å². The Bertz CT molecular complexity index is 248. The maximum absolute atomic E-state index is 11.8. The Morgan fingerprint density at radius 3 is 2.67 bits per heavy atom. The Kier molecular flexibility index (Phi) is 4.18. The van der Waals surface area contributed by atoms with Crippen LogP contribution in [0.5, 0.6) is 0 Å². The molecule has 1 rings (SSSR count). The zero-order valence-electron chi connectivity index (χ0n) is 10.2. The highest BCUT2D eigenvalue weighted by atomic mass is 16.2. The lowest BCUT2D eigenvalue weighted by Crippen LogP contribution is -2.44. The van der Waals surface area contributed by atoms with Gasteiger partial charge >= 0.3 is 0 Å². The number of hydrogen-bond donors (Lipinski definition) is 0. The minimum absolute atomic E-state index is 0.243. The summed E-state index contributed by atoms with van der Waals surface area (Å²) >= 11 is 0. The predicted octanol–water partition coefficient (Wildman–Crippen LogP) is 2.06. The summed E-state index contributed by atoms with van der Waals surface area (Å²) in [5, 5.41) is 0. The van der Waals surface area contributed by atoms with E-state index in [1.54, 1.807) is 0 Å². The first-order chi connectivity index (χ1) is 7.04. The average Bonchev–Trinajstić information content (AvgIpc) is 2.17. The molecule has 0 bridgehead atoms. The number of likely N-dealkylation sites (N-methyl/N-ethyl adjacent to an activating group) is 1. The molecule has 0 spiro atoms. The van der Waals surface area contributed by atoms with Crippen LogP contribution in [-0.2, 0) is 4.79 Å². The van der Waals surface area contributed by atoms with Gasteiger partial charge in [-0.05, 0) is 12.3 Å². The zero-order valence-corrected chi connectivity index (χ0v) is 10.2. The number of amides is 1. The average molecular weight is 210 g/mol. The van der Waals surface area contributed by atoms with Gasteiger partial charge in [-0.15, -0.1) is 0 Å². The van der Waals surface area contributed by atoms with Gasteiger partial charge in [-0.1, -0.05) is 20.8 Å². The predicted molar refractivity (Wildman–Crippen MR) is 62.2 cm³/mol. The van der Waals surface area contributed by atoms with Gasteiger partial charge in [0.25, 0.3) is 0 Å². The van der Waals surface area contributed by atoms with Crippen molar-refractivity contribution in [3.05, 3.63) is 12.4 Å². The number of hydrogen-bond acceptors (Lipinski definition) is 2. The second-order valence-corrected chi connectivity index (χ2v) is 4.67. The molecule has 0 aliphatic carbocycles. The second kappa shape index (κ2) is 5.19. The smallest absolute Gasteiger partial charge is 0.226 e. The fourth-order valence-corrected chi connectivity index (χ4v) is 1.79. The summed E-state index contributed by atoms with van der Waals surface area (Å²) in [4.78, 5) is 15.9. The Morgan fingerprint density at radius 1 is 1.47 bits per heavy atom. The van der Waals surface area contributed by atoms with Crippen molar-refractivity contribution < 1.29 is 4.79 Å². The van der Waals surface area contributed by atoms with Gasteiger partial charge in [0.1, 0.15) is 0 Å². The summed E-state index contributed by atoms with van der Waals surface area (Å²) < 4.78 is 0. The van der Waals surface area contributed by atoms with Crippen LogP contribution in [0.1, 0.15) is 33.6 Å². The summed E-state index contributed by atoms with van der Waals surface area (Å²) in [6, 6.07) is 0.464. The van der Waals surface area contributed by atoms with Gasteiger partial charge in [0, 0.05) is 38.5 Å². The fraction of sp³-hybridized carbons (Fsp3) is 0.750. The Hall–Kier alpha value is -0.990. The van der Waals surface area contributed by atoms with E-state index in [-0.39, 0.29) is 5.91 Å². The molecule has 0 radical (unpaired) electrons. The number of carbonyl (C=O) groups is 1. The van der Waals surface area contributed by atoms with E-state index in [1.165, 1.54) is 0 Å². The summed E-state index contributed by atoms with van der Waals surface area (Å²) in [6.45, 7) is 7.14. The summed E-state index contributed by atoms with van der Waals surface area (Å²) in [6.07, 6.45) is 5.61. The van der Waals surface area contributed by atoms with Crippen LogP contribution in [0.25, 0.3) is 0 Å². The summed E-state index contributed by atoms with van der Waals surface area (Å²) in [5.41, 5.74) is 0. The Morgan fingerprint density at radius 2 is 2.13 bits per heavy atom. The molecule has 3 heteroatoms. The Labute approximate surface area is 92.7 Å². The van der Waals surface area contributed by atoms with Crippen LogP contribution < -0.4 is 0 Å². The van der Waals surface area contributed by atoms with E-state index < -0.39 is 0 Å². The van der Waals surface area contributed by atoms with Gasteiger partial charge in [-0.3, -0.25) is 4.79 Å². The van der Waals surface area contributed by atoms with E-state index in [0.29, 0.717) is 18.4 Å². The molecule has 0 N–H and O–H groups in total. The molecule has 0 saturated carbocycles. The minimum Gasteiger partial charge on any atom is -0.374 e. The van der Waals surface area contributed by atoms with E-state index in [1.807, 2.05) is 17.3 Å². The monoisotopic (exact) mass is 210 g/mol. The third-order valence-corrected chi connectivity index (χ3v) is 2.84. The van der Waals surface area contributed by atoms with E-state index in [9.17, 15) is 4.79 Å². The van der Waals surface area contributed by atoms with Crippen LogP contribution in [0.4, 0.5) is 0 Å². The highest BCUT2D eigenvalue weighted by molar-refractivity contribution is 5.77. The SMILES string of the molecule is CC[C@H]1CN(C(=O)CC(C)C)C=CN1C. The van der Waals surface area contributed by atoms with Gasteiger partial charge in [-0.25, -0.2) is 0 Å². The lowest BCUT2D eigenvalue weighted by Gasteiger charge is -2.35. The number of nitrogens with zero attached hydrogens (tertiary/aromatic N) is 2. The first-order valence-electron chi connectivity index (χ1n) is 5.74. The molecule has 0 saturated heterocycles. The zero-order chi connectivity index (χ0) is 11.4. The lowest BCUT2D eigenvalue weighted by atomic mass is 10.1. The molecule has 0 aromatic rings. The Balaban J connectivity index is 2.57. The summed E-state index contributed by atoms with van der Waals surface area (Å²) in [7, 11) is 2.06. The topological polar surface area (TPSA) is 23.6 Å². The molecule has 3 nitrogen and oxygen atoms in total. The molecule has 1 aliphatic rings. The van der Waals surface area contributed by atoms with Crippen LogP contribution >= 0.6 is 0 Å². The van der Waals surface area contributed by atoms with Crippen LogP contribution in [-0.4, -0.2) is 35.3 Å². The minimum atomic E-state index is 0.243. The van der Waals surface area contributed by atoms with E-state index in [0.717, 1.165) is 13.0 Å². The van der Waals surface area contributed by atoms with E-state index >= 15 is 0 Å². The second-order valence-electron chi connectivity index (χ2n) is 4.67. The van der Waals surface area contributed by atoms with Gasteiger partial charge in [0.15, 0.2) is 0 Å². The number of rotatable bonds is 3. The maximum Gasteiger partial charge on any atom is 0.226 e. The van der Waals surface area contributed by atoms with Crippen LogP contribution in [0.3, 0.4) is 0 Å². The van der Waals surface area contributed by atoms with Gasteiger partial charge in [0.05, 0.1) is 0 Å². The normalized spacial score (nSPS) is 21.3. The molecule has 1 aliphatic heterocycles. The quantitative estimate of drug-likeness (QED) is 0.712. The molecule has 1 amide bonds. The molecule has 86 valence electrons. The van der Waals surface area contributed by atoms with Crippen molar-refractivity contribution in [2.45, 2.75) is 39.7 Å². The van der Waals surface area contributed by atoms with Crippen molar-refractivity contribution in [3.63, 3.8) is 0 Å². The number of carbonyl (C=O) groups excluding carboxylic acids is 1. The van der Waals surface area contributed by atoms with Crippen molar-refractivity contribution in [2.75, 3.05) is 13.6 Å². The van der Waals surface area contributed by atoms with Crippen molar-refractivity contribution >= 4 is 5.91 Å². The van der Waals surface area contributed by atoms with Crippen molar-refractivity contribution in [3.8, 4) is 0 Å². The fourth-order valence-electron chi connectivity index (χ4n) is 1.79. The van der Waals surface area contributed by atoms with Crippen LogP contribution in [0.2, 0.25) is 0 Å². The molecule has 0 aromatic carbocycles. The molecular weight excluding hydrogens is 188 g/mol. The first kappa shape index (κ1) is 12.1. The van der Waals surface area contributed by atoms with Gasteiger partial charge in [0.2, 0.25) is 5.91 Å². The highest BCUT2D eigenvalue weighted by Crippen LogP contribution is 2.14. The van der Waals surface area contributed by atoms with Crippen molar-refractivity contribution in [1.29, 1.82) is 0 Å². The maximum atomic E-state index is 11.8. The standard InChI is InChI=1S/C12H22N2O/c1-5-11-9-14(7-6-13(11)4)12(15)8-10(2)3/h6-7,10-11H,5,8-9H2,1-4H3/t11-/m0/s1. The third-order valence-electron chi connectivity index (χ3n) is 2.84. The third kappa shape index (κ3) is 3.26. The van der Waals surface area contributed by atoms with Gasteiger partial charge in [-0.2, -0.15) is 0 Å². The molecule has 1 atom stereocenters. The van der Waals surface area contributed by atoms with Crippen molar-refractivity contribution in [2.24, 2.45) is 5.92 Å².